The van der Waals surface area contributed by atoms with Gasteiger partial charge in [-0.3, -0.25) is 9.58 Å². The number of fused-ring (bicyclic) bond motifs is 1. The molecule has 0 N–H and O–H groups in total. The van der Waals surface area contributed by atoms with Crippen LogP contribution in [0.3, 0.4) is 0 Å². The fraction of sp³-hybridized carbons (Fsp3) is 0.667. The maximum atomic E-state index is 5.91. The zero-order valence-electron chi connectivity index (χ0n) is 11.7. The highest BCUT2D eigenvalue weighted by Crippen LogP contribution is 2.31. The van der Waals surface area contributed by atoms with E-state index < -0.39 is 0 Å². The molecule has 1 aromatic heterocycles. The van der Waals surface area contributed by atoms with Crippen LogP contribution in [0.25, 0.3) is 0 Å². The second kappa shape index (κ2) is 5.47. The predicted octanol–water partition coefficient (Wildman–Crippen LogP) is 1.93. The fourth-order valence-electron chi connectivity index (χ4n) is 2.96. The maximum Gasteiger partial charge on any atom is 0.0562 e. The summed E-state index contributed by atoms with van der Waals surface area (Å²) >= 11 is 0. The third kappa shape index (κ3) is 2.90. The Morgan fingerprint density at radius 1 is 1.47 bits per heavy atom. The van der Waals surface area contributed by atoms with Crippen molar-refractivity contribution in [3.63, 3.8) is 0 Å². The van der Waals surface area contributed by atoms with Crippen molar-refractivity contribution in [1.82, 2.24) is 14.7 Å². The van der Waals surface area contributed by atoms with Crippen LogP contribution in [0.15, 0.2) is 18.9 Å². The Morgan fingerprint density at radius 2 is 2.32 bits per heavy atom. The summed E-state index contributed by atoms with van der Waals surface area (Å²) in [6.45, 7) is 8.56. The van der Waals surface area contributed by atoms with E-state index >= 15 is 0 Å². The molecule has 0 amide bonds. The van der Waals surface area contributed by atoms with Gasteiger partial charge in [0.25, 0.3) is 0 Å². The van der Waals surface area contributed by atoms with Crippen molar-refractivity contribution in [1.29, 1.82) is 0 Å². The van der Waals surface area contributed by atoms with Gasteiger partial charge in [0.15, 0.2) is 0 Å². The van der Waals surface area contributed by atoms with Crippen LogP contribution < -0.4 is 0 Å². The molecule has 2 aliphatic rings. The molecule has 1 aromatic rings. The molecule has 0 saturated heterocycles. The van der Waals surface area contributed by atoms with Crippen LogP contribution in [-0.2, 0) is 18.3 Å². The van der Waals surface area contributed by atoms with Crippen molar-refractivity contribution in [2.45, 2.75) is 25.3 Å². The molecule has 1 aliphatic heterocycles. The molecule has 2 heterocycles. The average molecular weight is 261 g/mol. The number of aryl methyl sites for hydroxylation is 1. The van der Waals surface area contributed by atoms with Crippen molar-refractivity contribution in [3.8, 4) is 0 Å². The largest absolute Gasteiger partial charge is 0.380 e. The molecule has 1 atom stereocenters. The SMILES string of the molecule is C=CCN1Cc2cnn(C)c2C(COCC2CC2)C1. The summed E-state index contributed by atoms with van der Waals surface area (Å²) in [7, 11) is 2.04. The van der Waals surface area contributed by atoms with Gasteiger partial charge in [0, 0.05) is 50.5 Å². The first-order valence-corrected chi connectivity index (χ1v) is 7.19. The van der Waals surface area contributed by atoms with Crippen molar-refractivity contribution in [3.05, 3.63) is 30.1 Å². The monoisotopic (exact) mass is 261 g/mol. The normalized spacial score (nSPS) is 23.3. The number of aromatic nitrogens is 2. The van der Waals surface area contributed by atoms with Crippen LogP contribution in [0.4, 0.5) is 0 Å². The summed E-state index contributed by atoms with van der Waals surface area (Å²) in [5.41, 5.74) is 2.70. The topological polar surface area (TPSA) is 30.3 Å². The maximum absolute atomic E-state index is 5.91. The van der Waals surface area contributed by atoms with Crippen LogP contribution in [0, 0.1) is 5.92 Å². The van der Waals surface area contributed by atoms with Gasteiger partial charge >= 0.3 is 0 Å². The van der Waals surface area contributed by atoms with Crippen molar-refractivity contribution in [2.24, 2.45) is 13.0 Å². The van der Waals surface area contributed by atoms with Gasteiger partial charge in [0.1, 0.15) is 0 Å². The molecule has 104 valence electrons. The number of ether oxygens (including phenoxy) is 1. The standard InChI is InChI=1S/C15H23N3O/c1-3-6-18-8-13-7-16-17(2)15(13)14(9-18)11-19-10-12-4-5-12/h3,7,12,14H,1,4-6,8-11H2,2H3. The molecule has 0 bridgehead atoms. The fourth-order valence-corrected chi connectivity index (χ4v) is 2.96. The minimum atomic E-state index is 0.440. The van der Waals surface area contributed by atoms with Gasteiger partial charge in [0.2, 0.25) is 0 Å². The van der Waals surface area contributed by atoms with Crippen LogP contribution >= 0.6 is 0 Å². The lowest BCUT2D eigenvalue weighted by molar-refractivity contribution is 0.0909. The molecule has 0 radical (unpaired) electrons. The molecular weight excluding hydrogens is 238 g/mol. The Hall–Kier alpha value is -1.13. The number of nitrogens with zero attached hydrogens (tertiary/aromatic N) is 3. The van der Waals surface area contributed by atoms with E-state index in [1.165, 1.54) is 24.1 Å². The number of hydrogen-bond donors (Lipinski definition) is 0. The zero-order valence-corrected chi connectivity index (χ0v) is 11.7. The molecule has 1 saturated carbocycles. The van der Waals surface area contributed by atoms with Gasteiger partial charge in [0.05, 0.1) is 12.8 Å². The first-order valence-electron chi connectivity index (χ1n) is 7.19. The van der Waals surface area contributed by atoms with Crippen LogP contribution in [0.2, 0.25) is 0 Å². The molecule has 19 heavy (non-hydrogen) atoms. The highest BCUT2D eigenvalue weighted by Gasteiger charge is 2.29. The number of hydrogen-bond acceptors (Lipinski definition) is 3. The zero-order chi connectivity index (χ0) is 13.2. The molecule has 1 unspecified atom stereocenters. The summed E-state index contributed by atoms with van der Waals surface area (Å²) in [6, 6.07) is 0. The molecular formula is C15H23N3O. The van der Waals surface area contributed by atoms with Crippen molar-refractivity contribution >= 4 is 0 Å². The molecule has 1 fully saturated rings. The van der Waals surface area contributed by atoms with E-state index in [-0.39, 0.29) is 0 Å². The minimum absolute atomic E-state index is 0.440. The summed E-state index contributed by atoms with van der Waals surface area (Å²) in [5.74, 6) is 1.27. The van der Waals surface area contributed by atoms with E-state index in [9.17, 15) is 0 Å². The summed E-state index contributed by atoms with van der Waals surface area (Å²) < 4.78 is 7.93. The van der Waals surface area contributed by atoms with Crippen molar-refractivity contribution < 1.29 is 4.74 Å². The lowest BCUT2D eigenvalue weighted by Gasteiger charge is -2.32. The summed E-state index contributed by atoms with van der Waals surface area (Å²) in [6.07, 6.45) is 6.68. The molecule has 1 aliphatic carbocycles. The van der Waals surface area contributed by atoms with Gasteiger partial charge in [-0.25, -0.2) is 0 Å². The quantitative estimate of drug-likeness (QED) is 0.733. The van der Waals surface area contributed by atoms with E-state index in [0.717, 1.165) is 38.8 Å². The third-order valence-electron chi connectivity index (χ3n) is 4.08. The second-order valence-corrected chi connectivity index (χ2v) is 5.84. The van der Waals surface area contributed by atoms with Crippen molar-refractivity contribution in [2.75, 3.05) is 26.3 Å². The average Bonchev–Trinajstić information content (AvgIpc) is 3.13. The summed E-state index contributed by atoms with van der Waals surface area (Å²) in [4.78, 5) is 2.42. The Kier molecular flexibility index (Phi) is 3.71. The van der Waals surface area contributed by atoms with Gasteiger partial charge in [-0.2, -0.15) is 5.10 Å². The molecule has 0 aromatic carbocycles. The van der Waals surface area contributed by atoms with E-state index in [2.05, 4.69) is 16.6 Å². The lowest BCUT2D eigenvalue weighted by Crippen LogP contribution is -2.36. The van der Waals surface area contributed by atoms with Crippen LogP contribution in [0.5, 0.6) is 0 Å². The molecule has 0 spiro atoms. The highest BCUT2D eigenvalue weighted by atomic mass is 16.5. The molecule has 4 heteroatoms. The Morgan fingerprint density at radius 3 is 3.05 bits per heavy atom. The first-order chi connectivity index (χ1) is 9.28. The van der Waals surface area contributed by atoms with E-state index in [1.807, 2.05) is 24.0 Å². The van der Waals surface area contributed by atoms with E-state index in [1.54, 1.807) is 0 Å². The minimum Gasteiger partial charge on any atom is -0.380 e. The lowest BCUT2D eigenvalue weighted by atomic mass is 9.97. The molecule has 4 nitrogen and oxygen atoms in total. The molecule has 3 rings (SSSR count). The van der Waals surface area contributed by atoms with Crippen LogP contribution in [0.1, 0.15) is 30.0 Å². The van der Waals surface area contributed by atoms with Gasteiger partial charge < -0.3 is 4.74 Å². The predicted molar refractivity (Wildman–Crippen MR) is 75.0 cm³/mol. The van der Waals surface area contributed by atoms with E-state index in [0.29, 0.717) is 5.92 Å². The smallest absolute Gasteiger partial charge is 0.0562 e. The Balaban J connectivity index is 1.68. The highest BCUT2D eigenvalue weighted by molar-refractivity contribution is 5.25. The van der Waals surface area contributed by atoms with Gasteiger partial charge in [-0.1, -0.05) is 6.08 Å². The Labute approximate surface area is 115 Å². The number of rotatable bonds is 6. The first kappa shape index (κ1) is 12.9. The van der Waals surface area contributed by atoms with Crippen LogP contribution in [-0.4, -0.2) is 41.0 Å². The van der Waals surface area contributed by atoms with Gasteiger partial charge in [-0.15, -0.1) is 6.58 Å². The second-order valence-electron chi connectivity index (χ2n) is 5.84. The third-order valence-corrected chi connectivity index (χ3v) is 4.08. The van der Waals surface area contributed by atoms with Gasteiger partial charge in [-0.05, 0) is 18.8 Å². The Bertz CT molecular complexity index is 450. The van der Waals surface area contributed by atoms with E-state index in [4.69, 9.17) is 4.74 Å². The summed E-state index contributed by atoms with van der Waals surface area (Å²) in [5, 5.41) is 4.41.